The van der Waals surface area contributed by atoms with Crippen LogP contribution in [0.15, 0.2) is 48.7 Å². The summed E-state index contributed by atoms with van der Waals surface area (Å²) in [5, 5.41) is 5.68. The number of nitrogens with one attached hydrogen (secondary N) is 2. The molecule has 1 atom stereocenters. The number of pyridine rings is 1. The summed E-state index contributed by atoms with van der Waals surface area (Å²) in [5.74, 6) is 0.0313. The number of methoxy groups -OCH3 is 1. The van der Waals surface area contributed by atoms with Crippen LogP contribution in [0.1, 0.15) is 25.0 Å². The van der Waals surface area contributed by atoms with E-state index < -0.39 is 6.04 Å². The first-order valence-corrected chi connectivity index (χ1v) is 8.60. The summed E-state index contributed by atoms with van der Waals surface area (Å²) < 4.78 is 5.18. The van der Waals surface area contributed by atoms with E-state index in [0.717, 1.165) is 11.1 Å². The first-order valence-electron chi connectivity index (χ1n) is 8.60. The summed E-state index contributed by atoms with van der Waals surface area (Å²) in [4.78, 5) is 29.0. The lowest BCUT2D eigenvalue weighted by Gasteiger charge is -2.22. The van der Waals surface area contributed by atoms with E-state index in [9.17, 15) is 9.59 Å². The van der Waals surface area contributed by atoms with Gasteiger partial charge in [-0.15, -0.1) is 0 Å². The van der Waals surface area contributed by atoms with Gasteiger partial charge in [-0.2, -0.15) is 0 Å². The van der Waals surface area contributed by atoms with Crippen LogP contribution < -0.4 is 15.4 Å². The van der Waals surface area contributed by atoms with Crippen molar-refractivity contribution in [1.29, 1.82) is 0 Å². The van der Waals surface area contributed by atoms with Crippen molar-refractivity contribution in [2.24, 2.45) is 5.92 Å². The molecule has 2 N–H and O–H groups in total. The van der Waals surface area contributed by atoms with E-state index >= 15 is 0 Å². The van der Waals surface area contributed by atoms with Crippen molar-refractivity contribution in [3.05, 3.63) is 59.8 Å². The Morgan fingerprint density at radius 3 is 2.50 bits per heavy atom. The molecule has 0 saturated carbocycles. The fourth-order valence-electron chi connectivity index (χ4n) is 2.58. The zero-order valence-electron chi connectivity index (χ0n) is 15.4. The van der Waals surface area contributed by atoms with Gasteiger partial charge in [-0.25, -0.2) is 4.98 Å². The molecule has 26 heavy (non-hydrogen) atoms. The molecule has 2 rings (SSSR count). The predicted octanol–water partition coefficient (Wildman–Crippen LogP) is 2.09. The molecule has 0 radical (unpaired) electrons. The first-order chi connectivity index (χ1) is 12.5. The van der Waals surface area contributed by atoms with Gasteiger partial charge in [-0.3, -0.25) is 9.59 Å². The summed E-state index contributed by atoms with van der Waals surface area (Å²) in [7, 11) is 1.54. The maximum Gasteiger partial charge on any atom is 0.243 e. The predicted molar refractivity (Wildman–Crippen MR) is 99.6 cm³/mol. The smallest absolute Gasteiger partial charge is 0.243 e. The molecule has 0 saturated heterocycles. The van der Waals surface area contributed by atoms with Crippen molar-refractivity contribution in [3.8, 4) is 5.88 Å². The summed E-state index contributed by atoms with van der Waals surface area (Å²) in [6.45, 7) is 4.09. The third-order valence-electron chi connectivity index (χ3n) is 3.97. The van der Waals surface area contributed by atoms with Crippen LogP contribution in [0.3, 0.4) is 0 Å². The Balaban J connectivity index is 1.95. The van der Waals surface area contributed by atoms with Gasteiger partial charge >= 0.3 is 0 Å². The molecule has 1 aromatic carbocycles. The van der Waals surface area contributed by atoms with E-state index in [4.69, 9.17) is 4.74 Å². The first kappa shape index (κ1) is 19.4. The molecule has 0 spiro atoms. The van der Waals surface area contributed by atoms with Crippen molar-refractivity contribution in [2.75, 3.05) is 7.11 Å². The highest BCUT2D eigenvalue weighted by molar-refractivity contribution is 5.88. The number of carbonyl (C=O) groups excluding carboxylic acids is 2. The van der Waals surface area contributed by atoms with Crippen LogP contribution in [0, 0.1) is 5.92 Å². The lowest BCUT2D eigenvalue weighted by molar-refractivity contribution is -0.129. The van der Waals surface area contributed by atoms with Crippen LogP contribution in [-0.2, 0) is 22.6 Å². The lowest BCUT2D eigenvalue weighted by atomic mass is 10.0. The fourth-order valence-corrected chi connectivity index (χ4v) is 2.58. The van der Waals surface area contributed by atoms with Crippen molar-refractivity contribution < 1.29 is 14.3 Å². The third-order valence-corrected chi connectivity index (χ3v) is 3.97. The number of aromatic nitrogens is 1. The minimum absolute atomic E-state index is 0.0366. The molecule has 138 valence electrons. The second kappa shape index (κ2) is 9.56. The molecule has 6 heteroatoms. The monoisotopic (exact) mass is 355 g/mol. The minimum Gasteiger partial charge on any atom is -0.481 e. The zero-order valence-corrected chi connectivity index (χ0v) is 15.4. The van der Waals surface area contributed by atoms with E-state index in [1.807, 2.05) is 50.2 Å². The van der Waals surface area contributed by atoms with Crippen molar-refractivity contribution in [2.45, 2.75) is 32.9 Å². The standard InChI is InChI=1S/C20H25N3O3/c1-14(2)18(23-17(24)12-15-8-5-4-6-9-15)19(25)22-13-16-10-7-11-21-20(16)26-3/h4-11,14,18H,12-13H2,1-3H3,(H,22,25)(H,23,24). The Kier molecular flexibility index (Phi) is 7.14. The Hall–Kier alpha value is -2.89. The van der Waals surface area contributed by atoms with Crippen LogP contribution >= 0.6 is 0 Å². The Morgan fingerprint density at radius 1 is 1.12 bits per heavy atom. The topological polar surface area (TPSA) is 80.3 Å². The maximum absolute atomic E-state index is 12.6. The van der Waals surface area contributed by atoms with Gasteiger partial charge in [-0.1, -0.05) is 50.2 Å². The van der Waals surface area contributed by atoms with Gasteiger partial charge in [-0.05, 0) is 17.5 Å². The highest BCUT2D eigenvalue weighted by Gasteiger charge is 2.24. The summed E-state index contributed by atoms with van der Waals surface area (Å²) in [5.41, 5.74) is 1.69. The van der Waals surface area contributed by atoms with Crippen LogP contribution in [-0.4, -0.2) is 29.9 Å². The van der Waals surface area contributed by atoms with E-state index in [1.165, 1.54) is 7.11 Å². The summed E-state index contributed by atoms with van der Waals surface area (Å²) >= 11 is 0. The van der Waals surface area contributed by atoms with Gasteiger partial charge in [0.25, 0.3) is 0 Å². The Morgan fingerprint density at radius 2 is 1.85 bits per heavy atom. The van der Waals surface area contributed by atoms with Crippen molar-refractivity contribution in [1.82, 2.24) is 15.6 Å². The number of nitrogens with zero attached hydrogens (tertiary/aromatic N) is 1. The van der Waals surface area contributed by atoms with Crippen LogP contribution in [0.25, 0.3) is 0 Å². The zero-order chi connectivity index (χ0) is 18.9. The largest absolute Gasteiger partial charge is 0.481 e. The fraction of sp³-hybridized carbons (Fsp3) is 0.350. The molecular formula is C20H25N3O3. The average molecular weight is 355 g/mol. The van der Waals surface area contributed by atoms with Gasteiger partial charge in [0.1, 0.15) is 6.04 Å². The van der Waals surface area contributed by atoms with Gasteiger partial charge in [0.05, 0.1) is 13.5 Å². The summed E-state index contributed by atoms with van der Waals surface area (Å²) in [6, 6.07) is 12.5. The number of amides is 2. The average Bonchev–Trinajstić information content (AvgIpc) is 2.65. The Labute approximate surface area is 154 Å². The van der Waals surface area contributed by atoms with E-state index in [2.05, 4.69) is 15.6 Å². The van der Waals surface area contributed by atoms with E-state index in [0.29, 0.717) is 5.88 Å². The quantitative estimate of drug-likeness (QED) is 0.760. The van der Waals surface area contributed by atoms with Gasteiger partial charge in [0.2, 0.25) is 17.7 Å². The molecule has 0 aliphatic rings. The number of ether oxygens (including phenoxy) is 1. The molecule has 0 fully saturated rings. The lowest BCUT2D eigenvalue weighted by Crippen LogP contribution is -2.49. The SMILES string of the molecule is COc1ncccc1CNC(=O)C(NC(=O)Cc1ccccc1)C(C)C. The molecule has 0 bridgehead atoms. The highest BCUT2D eigenvalue weighted by atomic mass is 16.5. The molecule has 1 unspecified atom stereocenters. The second-order valence-corrected chi connectivity index (χ2v) is 6.34. The number of rotatable bonds is 8. The normalized spacial score (nSPS) is 11.7. The van der Waals surface area contributed by atoms with Crippen LogP contribution in [0.5, 0.6) is 5.88 Å². The number of benzene rings is 1. The second-order valence-electron chi connectivity index (χ2n) is 6.34. The molecule has 0 aliphatic carbocycles. The number of carbonyl (C=O) groups is 2. The van der Waals surface area contributed by atoms with Crippen molar-refractivity contribution >= 4 is 11.8 Å². The third kappa shape index (κ3) is 5.58. The molecule has 2 amide bonds. The van der Waals surface area contributed by atoms with Gasteiger partial charge in [0.15, 0.2) is 0 Å². The van der Waals surface area contributed by atoms with Gasteiger partial charge < -0.3 is 15.4 Å². The van der Waals surface area contributed by atoms with E-state index in [-0.39, 0.29) is 30.7 Å². The minimum atomic E-state index is -0.603. The highest BCUT2D eigenvalue weighted by Crippen LogP contribution is 2.13. The van der Waals surface area contributed by atoms with Crippen LogP contribution in [0.4, 0.5) is 0 Å². The van der Waals surface area contributed by atoms with Crippen molar-refractivity contribution in [3.63, 3.8) is 0 Å². The van der Waals surface area contributed by atoms with E-state index in [1.54, 1.807) is 12.3 Å². The molecule has 6 nitrogen and oxygen atoms in total. The molecule has 1 heterocycles. The number of hydrogen-bond acceptors (Lipinski definition) is 4. The van der Waals surface area contributed by atoms with Gasteiger partial charge in [0, 0.05) is 18.3 Å². The Bertz CT molecular complexity index is 732. The molecule has 1 aromatic heterocycles. The molecule has 2 aromatic rings. The summed E-state index contributed by atoms with van der Waals surface area (Å²) in [6.07, 6.45) is 1.87. The molecular weight excluding hydrogens is 330 g/mol. The van der Waals surface area contributed by atoms with Crippen LogP contribution in [0.2, 0.25) is 0 Å². The maximum atomic E-state index is 12.6. The number of hydrogen-bond donors (Lipinski definition) is 2. The molecule has 0 aliphatic heterocycles.